The van der Waals surface area contributed by atoms with E-state index in [9.17, 15) is 9.18 Å². The van der Waals surface area contributed by atoms with Crippen molar-refractivity contribution in [3.63, 3.8) is 0 Å². The summed E-state index contributed by atoms with van der Waals surface area (Å²) in [5.74, 6) is 3.15. The van der Waals surface area contributed by atoms with Crippen molar-refractivity contribution < 1.29 is 9.18 Å². The van der Waals surface area contributed by atoms with Crippen molar-refractivity contribution in [3.05, 3.63) is 34.1 Å². The van der Waals surface area contributed by atoms with E-state index in [1.165, 1.54) is 38.2 Å². The molecule has 112 valence electrons. The first-order valence-corrected chi connectivity index (χ1v) is 8.86. The molecule has 0 saturated heterocycles. The Hall–Kier alpha value is -0.700. The Morgan fingerprint density at radius 1 is 1.10 bits per heavy atom. The van der Waals surface area contributed by atoms with Gasteiger partial charge in [0.25, 0.3) is 0 Å². The highest BCUT2D eigenvalue weighted by molar-refractivity contribution is 9.10. The summed E-state index contributed by atoms with van der Waals surface area (Å²) in [7, 11) is 0. The highest BCUT2D eigenvalue weighted by Gasteiger charge is 2.50. The molecule has 5 rings (SSSR count). The van der Waals surface area contributed by atoms with Crippen LogP contribution in [-0.4, -0.2) is 5.78 Å². The molecule has 0 amide bonds. The minimum Gasteiger partial charge on any atom is -0.299 e. The average molecular weight is 351 g/mol. The van der Waals surface area contributed by atoms with E-state index < -0.39 is 0 Å². The van der Waals surface area contributed by atoms with Crippen molar-refractivity contribution in [2.24, 2.45) is 29.6 Å². The van der Waals surface area contributed by atoms with Crippen LogP contribution in [0, 0.1) is 35.4 Å². The molecule has 4 fully saturated rings. The van der Waals surface area contributed by atoms with Crippen molar-refractivity contribution >= 4 is 21.7 Å². The van der Waals surface area contributed by atoms with Crippen LogP contribution in [0.15, 0.2) is 22.7 Å². The van der Waals surface area contributed by atoms with Gasteiger partial charge >= 0.3 is 0 Å². The SMILES string of the molecule is O=C(Cc1cc(Br)ccc1F)C1C2CC3CC(C2)CC1C3. The zero-order valence-corrected chi connectivity index (χ0v) is 13.6. The maximum Gasteiger partial charge on any atom is 0.140 e. The lowest BCUT2D eigenvalue weighted by atomic mass is 9.51. The molecule has 4 aliphatic carbocycles. The van der Waals surface area contributed by atoms with Gasteiger partial charge in [-0.1, -0.05) is 15.9 Å². The molecule has 0 N–H and O–H groups in total. The number of halogens is 2. The van der Waals surface area contributed by atoms with E-state index in [0.29, 0.717) is 17.4 Å². The second-order valence-electron chi connectivity index (χ2n) is 7.34. The number of carbonyl (C=O) groups excluding carboxylic acids is 1. The van der Waals surface area contributed by atoms with Gasteiger partial charge in [-0.15, -0.1) is 0 Å². The Balaban J connectivity index is 1.54. The van der Waals surface area contributed by atoms with E-state index in [0.717, 1.165) is 16.3 Å². The molecule has 0 unspecified atom stereocenters. The van der Waals surface area contributed by atoms with Crippen LogP contribution < -0.4 is 0 Å². The van der Waals surface area contributed by atoms with Gasteiger partial charge in [-0.05, 0) is 79.5 Å². The number of hydrogen-bond acceptors (Lipinski definition) is 1. The molecule has 3 heteroatoms. The second kappa shape index (κ2) is 5.19. The predicted molar refractivity (Wildman–Crippen MR) is 83.3 cm³/mol. The summed E-state index contributed by atoms with van der Waals surface area (Å²) in [5.41, 5.74) is 0.545. The zero-order chi connectivity index (χ0) is 14.6. The first-order chi connectivity index (χ1) is 10.1. The Morgan fingerprint density at radius 2 is 1.71 bits per heavy atom. The van der Waals surface area contributed by atoms with Gasteiger partial charge in [-0.25, -0.2) is 4.39 Å². The summed E-state index contributed by atoms with van der Waals surface area (Å²) < 4.78 is 14.7. The monoisotopic (exact) mass is 350 g/mol. The molecular formula is C18H20BrFO. The Labute approximate surface area is 133 Å². The van der Waals surface area contributed by atoms with Gasteiger partial charge in [0.15, 0.2) is 0 Å². The fourth-order valence-corrected chi connectivity index (χ4v) is 5.84. The predicted octanol–water partition coefficient (Wildman–Crippen LogP) is 4.77. The lowest BCUT2D eigenvalue weighted by Gasteiger charge is -2.53. The molecule has 0 aromatic heterocycles. The second-order valence-corrected chi connectivity index (χ2v) is 8.25. The van der Waals surface area contributed by atoms with Crippen LogP contribution in [0.5, 0.6) is 0 Å². The van der Waals surface area contributed by atoms with E-state index in [4.69, 9.17) is 0 Å². The number of hydrogen-bond donors (Lipinski definition) is 0. The highest BCUT2D eigenvalue weighted by atomic mass is 79.9. The normalized spacial score (nSPS) is 37.0. The molecular weight excluding hydrogens is 331 g/mol. The highest BCUT2D eigenvalue weighted by Crippen LogP contribution is 2.56. The van der Waals surface area contributed by atoms with Crippen LogP contribution in [0.4, 0.5) is 4.39 Å². The third-order valence-electron chi connectivity index (χ3n) is 5.97. The Morgan fingerprint density at radius 3 is 2.33 bits per heavy atom. The molecule has 0 radical (unpaired) electrons. The molecule has 0 aliphatic heterocycles. The number of Topliss-reactive ketones (excluding diaryl/α,β-unsaturated/α-hetero) is 1. The standard InChI is InChI=1S/C18H20BrFO/c19-15-1-2-16(20)12(8-15)9-17(21)18-13-4-10-3-11(6-13)7-14(18)5-10/h1-2,8,10-11,13-14,18H,3-7,9H2. The number of ketones is 1. The van der Waals surface area contributed by atoms with E-state index in [1.807, 2.05) is 0 Å². The minimum atomic E-state index is -0.254. The molecule has 0 atom stereocenters. The number of carbonyl (C=O) groups is 1. The zero-order valence-electron chi connectivity index (χ0n) is 12.0. The first kappa shape index (κ1) is 13.9. The van der Waals surface area contributed by atoms with E-state index >= 15 is 0 Å². The first-order valence-electron chi connectivity index (χ1n) is 8.07. The van der Waals surface area contributed by atoms with E-state index in [1.54, 1.807) is 12.1 Å². The van der Waals surface area contributed by atoms with Crippen LogP contribution in [0.1, 0.15) is 37.7 Å². The lowest BCUT2D eigenvalue weighted by Crippen LogP contribution is -2.48. The Bertz CT molecular complexity index is 555. The van der Waals surface area contributed by atoms with Gasteiger partial charge in [0.2, 0.25) is 0 Å². The molecule has 4 saturated carbocycles. The summed E-state index contributed by atoms with van der Waals surface area (Å²) in [6.45, 7) is 0. The van der Waals surface area contributed by atoms with E-state index in [2.05, 4.69) is 15.9 Å². The summed E-state index contributed by atoms with van der Waals surface area (Å²) in [6.07, 6.45) is 6.62. The van der Waals surface area contributed by atoms with Crippen molar-refractivity contribution in [1.82, 2.24) is 0 Å². The van der Waals surface area contributed by atoms with Crippen LogP contribution in [-0.2, 0) is 11.2 Å². The largest absolute Gasteiger partial charge is 0.299 e. The fourth-order valence-electron chi connectivity index (χ4n) is 5.44. The van der Waals surface area contributed by atoms with E-state index in [-0.39, 0.29) is 23.9 Å². The topological polar surface area (TPSA) is 17.1 Å². The van der Waals surface area contributed by atoms with Crippen LogP contribution in [0.3, 0.4) is 0 Å². The molecule has 0 heterocycles. The summed E-state index contributed by atoms with van der Waals surface area (Å²) >= 11 is 3.37. The average Bonchev–Trinajstić information content (AvgIpc) is 2.41. The van der Waals surface area contributed by atoms with Crippen molar-refractivity contribution in [3.8, 4) is 0 Å². The van der Waals surface area contributed by atoms with Gasteiger partial charge in [-0.3, -0.25) is 4.79 Å². The van der Waals surface area contributed by atoms with Crippen LogP contribution in [0.2, 0.25) is 0 Å². The third-order valence-corrected chi connectivity index (χ3v) is 6.46. The van der Waals surface area contributed by atoms with Gasteiger partial charge in [0.05, 0.1) is 0 Å². The summed E-state index contributed by atoms with van der Waals surface area (Å²) in [5, 5.41) is 0. The van der Waals surface area contributed by atoms with Crippen LogP contribution in [0.25, 0.3) is 0 Å². The van der Waals surface area contributed by atoms with Gasteiger partial charge in [0.1, 0.15) is 11.6 Å². The molecule has 1 aromatic rings. The van der Waals surface area contributed by atoms with Crippen molar-refractivity contribution in [2.75, 3.05) is 0 Å². The molecule has 4 bridgehead atoms. The quantitative estimate of drug-likeness (QED) is 0.767. The van der Waals surface area contributed by atoms with Gasteiger partial charge in [-0.2, -0.15) is 0 Å². The van der Waals surface area contributed by atoms with Gasteiger partial charge in [0, 0.05) is 16.8 Å². The fraction of sp³-hybridized carbons (Fsp3) is 0.611. The smallest absolute Gasteiger partial charge is 0.140 e. The molecule has 21 heavy (non-hydrogen) atoms. The molecule has 0 spiro atoms. The van der Waals surface area contributed by atoms with Crippen molar-refractivity contribution in [1.29, 1.82) is 0 Å². The molecule has 1 nitrogen and oxygen atoms in total. The lowest BCUT2D eigenvalue weighted by molar-refractivity contribution is -0.135. The summed E-state index contributed by atoms with van der Waals surface area (Å²) in [6, 6.07) is 4.89. The Kier molecular flexibility index (Phi) is 3.44. The summed E-state index contributed by atoms with van der Waals surface area (Å²) in [4.78, 5) is 12.8. The maximum atomic E-state index is 13.9. The third kappa shape index (κ3) is 2.48. The minimum absolute atomic E-state index is 0.205. The number of rotatable bonds is 3. The van der Waals surface area contributed by atoms with Crippen molar-refractivity contribution in [2.45, 2.75) is 38.5 Å². The number of benzene rings is 1. The molecule has 4 aliphatic rings. The maximum absolute atomic E-state index is 13.9. The molecule has 1 aromatic carbocycles. The van der Waals surface area contributed by atoms with Crippen LogP contribution >= 0.6 is 15.9 Å². The van der Waals surface area contributed by atoms with Gasteiger partial charge < -0.3 is 0 Å².